The standard InChI is InChI=1S/C18H13ClFNO/c1-11-6-7-12(10-16(11)19)21-18(22)15-8-9-17(20)14-5-3-2-4-13(14)15/h2-10H,1H3,(H,21,22). The quantitative estimate of drug-likeness (QED) is 0.693. The molecule has 0 fully saturated rings. The van der Waals surface area contributed by atoms with Gasteiger partial charge in [-0.15, -0.1) is 0 Å². The monoisotopic (exact) mass is 313 g/mol. The van der Waals surface area contributed by atoms with Crippen LogP contribution in [0.15, 0.2) is 54.6 Å². The maximum absolute atomic E-state index is 13.8. The normalized spacial score (nSPS) is 10.7. The number of carbonyl (C=O) groups excluding carboxylic acids is 1. The number of halogens is 2. The summed E-state index contributed by atoms with van der Waals surface area (Å²) in [4.78, 5) is 12.5. The zero-order valence-corrected chi connectivity index (χ0v) is 12.6. The van der Waals surface area contributed by atoms with Crippen molar-refractivity contribution in [2.45, 2.75) is 6.92 Å². The van der Waals surface area contributed by atoms with Gasteiger partial charge < -0.3 is 5.32 Å². The van der Waals surface area contributed by atoms with Gasteiger partial charge in [-0.05, 0) is 42.1 Å². The molecule has 4 heteroatoms. The van der Waals surface area contributed by atoms with Gasteiger partial charge in [-0.2, -0.15) is 0 Å². The molecule has 3 aromatic carbocycles. The molecule has 0 saturated heterocycles. The number of aryl methyl sites for hydroxylation is 1. The average Bonchev–Trinajstić information content (AvgIpc) is 2.51. The summed E-state index contributed by atoms with van der Waals surface area (Å²) in [5.41, 5.74) is 1.97. The van der Waals surface area contributed by atoms with Gasteiger partial charge in [0.05, 0.1) is 0 Å². The molecule has 0 radical (unpaired) electrons. The summed E-state index contributed by atoms with van der Waals surface area (Å²) in [5, 5.41) is 4.39. The summed E-state index contributed by atoms with van der Waals surface area (Å²) in [6.45, 7) is 1.89. The van der Waals surface area contributed by atoms with Crippen LogP contribution in [-0.4, -0.2) is 5.91 Å². The van der Waals surface area contributed by atoms with E-state index in [9.17, 15) is 9.18 Å². The maximum Gasteiger partial charge on any atom is 0.256 e. The molecule has 0 unspecified atom stereocenters. The Hall–Kier alpha value is -2.39. The summed E-state index contributed by atoms with van der Waals surface area (Å²) >= 11 is 6.06. The van der Waals surface area contributed by atoms with E-state index in [1.807, 2.05) is 13.0 Å². The summed E-state index contributed by atoms with van der Waals surface area (Å²) in [5.74, 6) is -0.637. The Balaban J connectivity index is 1.99. The molecule has 3 rings (SSSR count). The van der Waals surface area contributed by atoms with Gasteiger partial charge in [0, 0.05) is 21.7 Å². The highest BCUT2D eigenvalue weighted by molar-refractivity contribution is 6.31. The molecule has 0 bridgehead atoms. The fraction of sp³-hybridized carbons (Fsp3) is 0.0556. The number of amides is 1. The number of hydrogen-bond donors (Lipinski definition) is 1. The third kappa shape index (κ3) is 2.68. The van der Waals surface area contributed by atoms with Crippen LogP contribution in [0.1, 0.15) is 15.9 Å². The minimum atomic E-state index is -0.342. The summed E-state index contributed by atoms with van der Waals surface area (Å²) in [6.07, 6.45) is 0. The van der Waals surface area contributed by atoms with Crippen molar-refractivity contribution in [2.24, 2.45) is 0 Å². The topological polar surface area (TPSA) is 29.1 Å². The van der Waals surface area contributed by atoms with Crippen molar-refractivity contribution >= 4 is 34.0 Å². The highest BCUT2D eigenvalue weighted by Crippen LogP contribution is 2.24. The zero-order chi connectivity index (χ0) is 15.7. The van der Waals surface area contributed by atoms with Crippen LogP contribution in [0.2, 0.25) is 5.02 Å². The van der Waals surface area contributed by atoms with Crippen LogP contribution in [0.3, 0.4) is 0 Å². The first-order valence-electron chi connectivity index (χ1n) is 6.81. The van der Waals surface area contributed by atoms with E-state index in [4.69, 9.17) is 11.6 Å². The van der Waals surface area contributed by atoms with Gasteiger partial charge in [-0.25, -0.2) is 4.39 Å². The van der Waals surface area contributed by atoms with E-state index < -0.39 is 0 Å². The summed E-state index contributed by atoms with van der Waals surface area (Å²) in [6, 6.07) is 15.0. The van der Waals surface area contributed by atoms with E-state index in [1.54, 1.807) is 36.4 Å². The minimum absolute atomic E-state index is 0.295. The SMILES string of the molecule is Cc1ccc(NC(=O)c2ccc(F)c3ccccc23)cc1Cl. The fourth-order valence-electron chi connectivity index (χ4n) is 2.33. The lowest BCUT2D eigenvalue weighted by Gasteiger charge is -2.09. The Morgan fingerprint density at radius 1 is 1.05 bits per heavy atom. The number of nitrogens with one attached hydrogen (secondary N) is 1. The zero-order valence-electron chi connectivity index (χ0n) is 11.9. The van der Waals surface area contributed by atoms with E-state index in [0.29, 0.717) is 27.0 Å². The first-order chi connectivity index (χ1) is 10.6. The van der Waals surface area contributed by atoms with Crippen LogP contribution in [0.25, 0.3) is 10.8 Å². The molecule has 0 aliphatic rings. The molecule has 110 valence electrons. The molecular formula is C18H13ClFNO. The Bertz CT molecular complexity index is 876. The van der Waals surface area contributed by atoms with Gasteiger partial charge in [-0.3, -0.25) is 4.79 Å². The molecule has 2 nitrogen and oxygen atoms in total. The second-order valence-electron chi connectivity index (χ2n) is 5.06. The van der Waals surface area contributed by atoms with Crippen molar-refractivity contribution in [3.05, 3.63) is 76.6 Å². The van der Waals surface area contributed by atoms with Gasteiger partial charge in [0.15, 0.2) is 0 Å². The molecule has 0 aromatic heterocycles. The van der Waals surface area contributed by atoms with Gasteiger partial charge in [-0.1, -0.05) is 41.9 Å². The van der Waals surface area contributed by atoms with Crippen molar-refractivity contribution in [3.8, 4) is 0 Å². The number of fused-ring (bicyclic) bond motifs is 1. The molecule has 3 aromatic rings. The Morgan fingerprint density at radius 3 is 2.50 bits per heavy atom. The molecule has 0 aliphatic carbocycles. The third-order valence-corrected chi connectivity index (χ3v) is 3.95. The van der Waals surface area contributed by atoms with E-state index in [0.717, 1.165) is 5.56 Å². The number of hydrogen-bond acceptors (Lipinski definition) is 1. The molecule has 0 aliphatic heterocycles. The highest BCUT2D eigenvalue weighted by atomic mass is 35.5. The predicted octanol–water partition coefficient (Wildman–Crippen LogP) is 5.19. The fourth-order valence-corrected chi connectivity index (χ4v) is 2.51. The van der Waals surface area contributed by atoms with Crippen molar-refractivity contribution < 1.29 is 9.18 Å². The Morgan fingerprint density at radius 2 is 1.77 bits per heavy atom. The van der Waals surface area contributed by atoms with Crippen LogP contribution in [0.5, 0.6) is 0 Å². The Kier molecular flexibility index (Phi) is 3.82. The highest BCUT2D eigenvalue weighted by Gasteiger charge is 2.12. The molecule has 1 amide bonds. The van der Waals surface area contributed by atoms with E-state index in [-0.39, 0.29) is 11.7 Å². The van der Waals surface area contributed by atoms with E-state index in [2.05, 4.69) is 5.32 Å². The lowest BCUT2D eigenvalue weighted by Crippen LogP contribution is -2.12. The van der Waals surface area contributed by atoms with E-state index in [1.165, 1.54) is 12.1 Å². The summed E-state index contributed by atoms with van der Waals surface area (Å²) in [7, 11) is 0. The number of rotatable bonds is 2. The maximum atomic E-state index is 13.8. The second kappa shape index (κ2) is 5.78. The second-order valence-corrected chi connectivity index (χ2v) is 5.47. The van der Waals surface area contributed by atoms with Crippen molar-refractivity contribution in [2.75, 3.05) is 5.32 Å². The lowest BCUT2D eigenvalue weighted by atomic mass is 10.0. The first-order valence-corrected chi connectivity index (χ1v) is 7.19. The van der Waals surface area contributed by atoms with Gasteiger partial charge in [0.1, 0.15) is 5.82 Å². The lowest BCUT2D eigenvalue weighted by molar-refractivity contribution is 0.102. The van der Waals surface area contributed by atoms with E-state index >= 15 is 0 Å². The molecule has 22 heavy (non-hydrogen) atoms. The molecule has 0 saturated carbocycles. The van der Waals surface area contributed by atoms with Gasteiger partial charge in [0.25, 0.3) is 5.91 Å². The summed E-state index contributed by atoms with van der Waals surface area (Å²) < 4.78 is 13.8. The van der Waals surface area contributed by atoms with Crippen LogP contribution in [-0.2, 0) is 0 Å². The van der Waals surface area contributed by atoms with Gasteiger partial charge in [0.2, 0.25) is 0 Å². The number of anilines is 1. The molecular weight excluding hydrogens is 301 g/mol. The van der Waals surface area contributed by atoms with Crippen molar-refractivity contribution in [1.29, 1.82) is 0 Å². The third-order valence-electron chi connectivity index (χ3n) is 3.55. The van der Waals surface area contributed by atoms with Crippen LogP contribution >= 0.6 is 11.6 Å². The molecule has 0 spiro atoms. The van der Waals surface area contributed by atoms with Crippen molar-refractivity contribution in [3.63, 3.8) is 0 Å². The Labute approximate surface area is 132 Å². The molecule has 0 heterocycles. The van der Waals surface area contributed by atoms with Crippen LogP contribution < -0.4 is 5.32 Å². The molecule has 1 N–H and O–H groups in total. The smallest absolute Gasteiger partial charge is 0.256 e. The van der Waals surface area contributed by atoms with Gasteiger partial charge >= 0.3 is 0 Å². The molecule has 0 atom stereocenters. The predicted molar refractivity (Wildman–Crippen MR) is 88.0 cm³/mol. The number of carbonyl (C=O) groups is 1. The van der Waals surface area contributed by atoms with Crippen LogP contribution in [0, 0.1) is 12.7 Å². The van der Waals surface area contributed by atoms with Crippen molar-refractivity contribution in [1.82, 2.24) is 0 Å². The van der Waals surface area contributed by atoms with Crippen LogP contribution in [0.4, 0.5) is 10.1 Å². The first kappa shape index (κ1) is 14.5. The average molecular weight is 314 g/mol. The largest absolute Gasteiger partial charge is 0.322 e. The minimum Gasteiger partial charge on any atom is -0.322 e. The number of benzene rings is 3.